The highest BCUT2D eigenvalue weighted by molar-refractivity contribution is 6.33. The first-order chi connectivity index (χ1) is 5.79. The molecule has 0 unspecified atom stereocenters. The first-order valence-corrected chi connectivity index (χ1v) is 3.94. The second-order valence-electron chi connectivity index (χ2n) is 2.42. The molecule has 0 fully saturated rings. The van der Waals surface area contributed by atoms with Crippen LogP contribution in [-0.4, -0.2) is 18.3 Å². The van der Waals surface area contributed by atoms with Gasteiger partial charge in [-0.3, -0.25) is 0 Å². The van der Waals surface area contributed by atoms with Gasteiger partial charge in [-0.05, 0) is 12.1 Å². The summed E-state index contributed by atoms with van der Waals surface area (Å²) in [6.07, 6.45) is 0. The molecular weight excluding hydrogens is 180 g/mol. The highest BCUT2D eigenvalue weighted by Gasteiger charge is 2.17. The van der Waals surface area contributed by atoms with Crippen LogP contribution in [0.15, 0.2) is 12.1 Å². The number of rotatable bonds is 0. The van der Waals surface area contributed by atoms with Crippen molar-refractivity contribution in [1.82, 2.24) is 0 Å². The lowest BCUT2D eigenvalue weighted by atomic mass is 10.3. The van der Waals surface area contributed by atoms with Crippen LogP contribution >= 0.6 is 11.6 Å². The molecular formula is C8H7ClO3. The second-order valence-corrected chi connectivity index (χ2v) is 2.80. The molecule has 1 aromatic rings. The number of halogens is 1. The van der Waals surface area contributed by atoms with Crippen LogP contribution in [0.1, 0.15) is 0 Å². The number of fused-ring (bicyclic) bond motifs is 1. The third-order valence-electron chi connectivity index (χ3n) is 1.63. The predicted octanol–water partition coefficient (Wildman–Crippen LogP) is 1.82. The molecule has 0 saturated carbocycles. The first kappa shape index (κ1) is 7.55. The number of phenols is 1. The van der Waals surface area contributed by atoms with Crippen molar-refractivity contribution in [2.75, 3.05) is 13.2 Å². The molecule has 1 aliphatic heterocycles. The summed E-state index contributed by atoms with van der Waals surface area (Å²) >= 11 is 5.76. The smallest absolute Gasteiger partial charge is 0.183 e. The number of benzene rings is 1. The molecule has 2 rings (SSSR count). The molecule has 0 amide bonds. The molecule has 0 radical (unpaired) electrons. The van der Waals surface area contributed by atoms with Crippen molar-refractivity contribution in [1.29, 1.82) is 0 Å². The zero-order chi connectivity index (χ0) is 8.55. The number of phenolic OH excluding ortho intramolecular Hbond substituents is 1. The fraction of sp³-hybridized carbons (Fsp3) is 0.250. The summed E-state index contributed by atoms with van der Waals surface area (Å²) in [6, 6.07) is 3.12. The summed E-state index contributed by atoms with van der Waals surface area (Å²) in [7, 11) is 0. The van der Waals surface area contributed by atoms with Crippen molar-refractivity contribution in [2.45, 2.75) is 0 Å². The molecule has 0 aromatic heterocycles. The molecule has 3 nitrogen and oxygen atoms in total. The van der Waals surface area contributed by atoms with Crippen LogP contribution in [0.5, 0.6) is 17.2 Å². The zero-order valence-electron chi connectivity index (χ0n) is 6.21. The molecule has 0 spiro atoms. The third-order valence-corrected chi connectivity index (χ3v) is 1.99. The SMILES string of the molecule is Oc1ccc2c(c1Cl)OCCO2. The topological polar surface area (TPSA) is 38.7 Å². The largest absolute Gasteiger partial charge is 0.506 e. The van der Waals surface area contributed by atoms with E-state index in [0.717, 1.165) is 0 Å². The minimum Gasteiger partial charge on any atom is -0.506 e. The summed E-state index contributed by atoms with van der Waals surface area (Å²) < 4.78 is 10.5. The standard InChI is InChI=1S/C8H7ClO3/c9-7-5(10)1-2-6-8(7)12-4-3-11-6/h1-2,10H,3-4H2. The second kappa shape index (κ2) is 2.75. The van der Waals surface area contributed by atoms with Gasteiger partial charge in [0.05, 0.1) is 0 Å². The van der Waals surface area contributed by atoms with Crippen LogP contribution < -0.4 is 9.47 Å². The molecule has 1 aromatic carbocycles. The highest BCUT2D eigenvalue weighted by atomic mass is 35.5. The maximum Gasteiger partial charge on any atom is 0.183 e. The molecule has 12 heavy (non-hydrogen) atoms. The Morgan fingerprint density at radius 2 is 2.00 bits per heavy atom. The fourth-order valence-electron chi connectivity index (χ4n) is 1.07. The lowest BCUT2D eigenvalue weighted by Gasteiger charge is -2.19. The van der Waals surface area contributed by atoms with E-state index in [-0.39, 0.29) is 10.8 Å². The number of hydrogen-bond acceptors (Lipinski definition) is 3. The fourth-order valence-corrected chi connectivity index (χ4v) is 1.28. The van der Waals surface area contributed by atoms with Crippen LogP contribution in [0.3, 0.4) is 0 Å². The van der Waals surface area contributed by atoms with Crippen LogP contribution in [-0.2, 0) is 0 Å². The Hall–Kier alpha value is -1.09. The van der Waals surface area contributed by atoms with Gasteiger partial charge in [0.1, 0.15) is 24.0 Å². The Kier molecular flexibility index (Phi) is 1.73. The number of hydrogen-bond donors (Lipinski definition) is 1. The minimum atomic E-state index is 0.0147. The quantitative estimate of drug-likeness (QED) is 0.672. The van der Waals surface area contributed by atoms with E-state index in [4.69, 9.17) is 21.1 Å². The molecule has 64 valence electrons. The van der Waals surface area contributed by atoms with Gasteiger partial charge in [-0.2, -0.15) is 0 Å². The monoisotopic (exact) mass is 186 g/mol. The summed E-state index contributed by atoms with van der Waals surface area (Å²) in [6.45, 7) is 0.990. The Morgan fingerprint density at radius 3 is 2.83 bits per heavy atom. The zero-order valence-corrected chi connectivity index (χ0v) is 6.97. The van der Waals surface area contributed by atoms with Gasteiger partial charge in [-0.15, -0.1) is 0 Å². The Bertz CT molecular complexity index is 311. The van der Waals surface area contributed by atoms with E-state index in [1.165, 1.54) is 6.07 Å². The van der Waals surface area contributed by atoms with E-state index in [1.807, 2.05) is 0 Å². The summed E-state index contributed by atoms with van der Waals surface area (Å²) in [5.41, 5.74) is 0. The Morgan fingerprint density at radius 1 is 1.25 bits per heavy atom. The van der Waals surface area contributed by atoms with Crippen molar-refractivity contribution >= 4 is 11.6 Å². The van der Waals surface area contributed by atoms with Crippen LogP contribution in [0.25, 0.3) is 0 Å². The summed E-state index contributed by atoms with van der Waals surface area (Å²) in [5.74, 6) is 1.04. The van der Waals surface area contributed by atoms with E-state index in [2.05, 4.69) is 0 Å². The van der Waals surface area contributed by atoms with Crippen molar-refractivity contribution in [3.05, 3.63) is 17.2 Å². The minimum absolute atomic E-state index is 0.0147. The van der Waals surface area contributed by atoms with Crippen LogP contribution in [0.4, 0.5) is 0 Å². The van der Waals surface area contributed by atoms with Gasteiger partial charge in [0.15, 0.2) is 11.5 Å². The van der Waals surface area contributed by atoms with Gasteiger partial charge in [0.2, 0.25) is 0 Å². The normalized spacial score (nSPS) is 14.4. The van der Waals surface area contributed by atoms with Crippen molar-refractivity contribution in [3.8, 4) is 17.2 Å². The third kappa shape index (κ3) is 1.06. The molecule has 0 saturated heterocycles. The van der Waals surface area contributed by atoms with Crippen LogP contribution in [0, 0.1) is 0 Å². The van der Waals surface area contributed by atoms with Crippen molar-refractivity contribution in [3.63, 3.8) is 0 Å². The molecule has 0 bridgehead atoms. The van der Waals surface area contributed by atoms with E-state index in [9.17, 15) is 5.11 Å². The van der Waals surface area contributed by atoms with Gasteiger partial charge in [0.25, 0.3) is 0 Å². The average Bonchev–Trinajstić information content (AvgIpc) is 2.12. The van der Waals surface area contributed by atoms with Crippen molar-refractivity contribution < 1.29 is 14.6 Å². The number of aromatic hydroxyl groups is 1. The van der Waals surface area contributed by atoms with Gasteiger partial charge in [-0.25, -0.2) is 0 Å². The van der Waals surface area contributed by atoms with Gasteiger partial charge < -0.3 is 14.6 Å². The predicted molar refractivity (Wildman–Crippen MR) is 44.1 cm³/mol. The maximum atomic E-state index is 9.21. The lowest BCUT2D eigenvalue weighted by Crippen LogP contribution is -2.15. The molecule has 4 heteroatoms. The average molecular weight is 187 g/mol. The molecule has 1 N–H and O–H groups in total. The summed E-state index contributed by atoms with van der Waals surface area (Å²) in [4.78, 5) is 0. The Labute approximate surface area is 74.5 Å². The summed E-state index contributed by atoms with van der Waals surface area (Å²) in [5, 5.41) is 9.42. The van der Waals surface area contributed by atoms with Gasteiger partial charge in [-0.1, -0.05) is 11.6 Å². The Balaban J connectivity index is 2.54. The van der Waals surface area contributed by atoms with Gasteiger partial charge >= 0.3 is 0 Å². The van der Waals surface area contributed by atoms with E-state index >= 15 is 0 Å². The lowest BCUT2D eigenvalue weighted by molar-refractivity contribution is 0.171. The van der Waals surface area contributed by atoms with Gasteiger partial charge in [0, 0.05) is 0 Å². The molecule has 1 aliphatic rings. The van der Waals surface area contributed by atoms with E-state index in [1.54, 1.807) is 6.07 Å². The molecule has 0 atom stereocenters. The first-order valence-electron chi connectivity index (χ1n) is 3.56. The van der Waals surface area contributed by atoms with Crippen LogP contribution in [0.2, 0.25) is 5.02 Å². The highest BCUT2D eigenvalue weighted by Crippen LogP contribution is 2.42. The van der Waals surface area contributed by atoms with E-state index in [0.29, 0.717) is 24.7 Å². The molecule has 0 aliphatic carbocycles. The van der Waals surface area contributed by atoms with Crippen molar-refractivity contribution in [2.24, 2.45) is 0 Å². The number of ether oxygens (including phenoxy) is 2. The maximum absolute atomic E-state index is 9.21. The van der Waals surface area contributed by atoms with E-state index < -0.39 is 0 Å². The molecule has 1 heterocycles.